The van der Waals surface area contributed by atoms with Crippen LogP contribution in [0.5, 0.6) is 5.75 Å². The minimum Gasteiger partial charge on any atom is -0.497 e. The molecule has 0 unspecified atom stereocenters. The van der Waals surface area contributed by atoms with Gasteiger partial charge in [0.1, 0.15) is 5.75 Å². The summed E-state index contributed by atoms with van der Waals surface area (Å²) >= 11 is 14.1. The van der Waals surface area contributed by atoms with Gasteiger partial charge in [-0.05, 0) is 73.5 Å². The molecule has 6 aromatic rings. The fraction of sp³-hybridized carbons (Fsp3) is 0.132. The zero-order chi connectivity index (χ0) is 33.5. The van der Waals surface area contributed by atoms with Gasteiger partial charge in [0.05, 0.1) is 29.0 Å². The number of amides is 1. The molecular formula is C38H30Cl2N4O3S. The van der Waals surface area contributed by atoms with Crippen molar-refractivity contribution in [2.75, 3.05) is 12.4 Å². The Morgan fingerprint density at radius 1 is 0.979 bits per heavy atom. The van der Waals surface area contributed by atoms with E-state index in [0.29, 0.717) is 48.6 Å². The van der Waals surface area contributed by atoms with Crippen molar-refractivity contribution in [3.63, 3.8) is 0 Å². The smallest absolute Gasteiger partial charge is 0.271 e. The zero-order valence-corrected chi connectivity index (χ0v) is 28.7. The molecule has 0 aliphatic carbocycles. The molecule has 1 aliphatic heterocycles. The predicted molar refractivity (Wildman–Crippen MR) is 194 cm³/mol. The van der Waals surface area contributed by atoms with Crippen molar-refractivity contribution in [3.8, 4) is 5.75 Å². The van der Waals surface area contributed by atoms with E-state index in [1.807, 2.05) is 98.8 Å². The second kappa shape index (κ2) is 13.0. The molecule has 0 saturated heterocycles. The van der Waals surface area contributed by atoms with E-state index in [2.05, 4.69) is 22.0 Å². The molecule has 1 N–H and O–H groups in total. The van der Waals surface area contributed by atoms with Crippen LogP contribution in [0.15, 0.2) is 118 Å². The first-order chi connectivity index (χ1) is 23.2. The molecule has 0 bridgehead atoms. The van der Waals surface area contributed by atoms with Crippen molar-refractivity contribution >= 4 is 63.1 Å². The third-order valence-corrected chi connectivity index (χ3v) is 10.2. The zero-order valence-electron chi connectivity index (χ0n) is 26.3. The number of carbonyl (C=O) groups excluding carboxylic acids is 1. The number of thiazole rings is 1. The van der Waals surface area contributed by atoms with Gasteiger partial charge in [-0.2, -0.15) is 0 Å². The lowest BCUT2D eigenvalue weighted by atomic mass is 9.95. The van der Waals surface area contributed by atoms with Gasteiger partial charge in [-0.25, -0.2) is 4.99 Å². The van der Waals surface area contributed by atoms with E-state index in [1.165, 1.54) is 11.3 Å². The van der Waals surface area contributed by atoms with Gasteiger partial charge in [0.2, 0.25) is 0 Å². The van der Waals surface area contributed by atoms with E-state index in [4.69, 9.17) is 32.9 Å². The van der Waals surface area contributed by atoms with Gasteiger partial charge in [-0.3, -0.25) is 14.2 Å². The molecule has 0 radical (unpaired) electrons. The number of fused-ring (bicyclic) bond motifs is 2. The Labute approximate surface area is 290 Å². The number of hydrogen-bond acceptors (Lipinski definition) is 5. The number of ether oxygens (including phenoxy) is 1. The topological polar surface area (TPSA) is 77.6 Å². The number of allylic oxidation sites excluding steroid dienone is 1. The van der Waals surface area contributed by atoms with Crippen LogP contribution in [0.1, 0.15) is 35.3 Å². The van der Waals surface area contributed by atoms with Gasteiger partial charge in [-0.15, -0.1) is 0 Å². The normalized spacial score (nSPS) is 14.6. The molecule has 0 spiro atoms. The predicted octanol–water partition coefficient (Wildman–Crippen LogP) is 7.50. The van der Waals surface area contributed by atoms with Crippen molar-refractivity contribution in [3.05, 3.63) is 160 Å². The van der Waals surface area contributed by atoms with Gasteiger partial charge in [-0.1, -0.05) is 89.1 Å². The average Bonchev–Trinajstić information content (AvgIpc) is 3.53. The molecule has 0 fully saturated rings. The fourth-order valence-electron chi connectivity index (χ4n) is 6.25. The highest BCUT2D eigenvalue weighted by atomic mass is 35.5. The summed E-state index contributed by atoms with van der Waals surface area (Å²) in [6.45, 7) is 4.39. The highest BCUT2D eigenvalue weighted by Crippen LogP contribution is 2.33. The Bertz CT molecular complexity index is 2440. The lowest BCUT2D eigenvalue weighted by Crippen LogP contribution is -2.40. The van der Waals surface area contributed by atoms with E-state index in [-0.39, 0.29) is 11.5 Å². The fourth-order valence-corrected chi connectivity index (χ4v) is 7.75. The molecule has 1 amide bonds. The number of benzene rings is 4. The van der Waals surface area contributed by atoms with Crippen LogP contribution >= 0.6 is 34.5 Å². The largest absolute Gasteiger partial charge is 0.497 e. The molecular weight excluding hydrogens is 663 g/mol. The number of para-hydroxylation sites is 2. The summed E-state index contributed by atoms with van der Waals surface area (Å²) in [4.78, 5) is 33.7. The summed E-state index contributed by atoms with van der Waals surface area (Å²) in [5.41, 5.74) is 5.94. The van der Waals surface area contributed by atoms with Crippen molar-refractivity contribution < 1.29 is 9.53 Å². The quantitative estimate of drug-likeness (QED) is 0.188. The lowest BCUT2D eigenvalue weighted by molar-refractivity contribution is -0.113. The molecule has 7 nitrogen and oxygen atoms in total. The third kappa shape index (κ3) is 5.76. The number of nitrogens with zero attached hydrogens (tertiary/aromatic N) is 3. The minimum atomic E-state index is -0.725. The maximum atomic E-state index is 14.5. The Morgan fingerprint density at radius 2 is 1.75 bits per heavy atom. The molecule has 1 aliphatic rings. The van der Waals surface area contributed by atoms with Gasteiger partial charge in [0, 0.05) is 44.4 Å². The first kappa shape index (κ1) is 31.7. The maximum absolute atomic E-state index is 14.5. The Hall–Kier alpha value is -4.89. The SMILES string of the molecule is COc1cccc([C@@H]2C(C(=O)Nc3ccccc3)=C(C)N=c3s/c(=C\c4c(C)n(Cc5ccc(Cl)cc5Cl)c5ccccc45)c(=O)n32)c1. The van der Waals surface area contributed by atoms with Gasteiger partial charge in [0.25, 0.3) is 11.5 Å². The molecule has 4 aromatic carbocycles. The van der Waals surface area contributed by atoms with Crippen LogP contribution in [0.4, 0.5) is 5.69 Å². The number of halogens is 2. The van der Waals surface area contributed by atoms with E-state index in [1.54, 1.807) is 17.7 Å². The summed E-state index contributed by atoms with van der Waals surface area (Å²) in [7, 11) is 1.59. The Kier molecular flexibility index (Phi) is 8.56. The summed E-state index contributed by atoms with van der Waals surface area (Å²) in [5.74, 6) is 0.292. The summed E-state index contributed by atoms with van der Waals surface area (Å²) < 4.78 is 9.86. The Morgan fingerprint density at radius 3 is 2.52 bits per heavy atom. The maximum Gasteiger partial charge on any atom is 0.271 e. The van der Waals surface area contributed by atoms with Crippen LogP contribution in [0, 0.1) is 6.92 Å². The second-order valence-corrected chi connectivity index (χ2v) is 13.4. The van der Waals surface area contributed by atoms with Crippen LogP contribution in [-0.2, 0) is 11.3 Å². The second-order valence-electron chi connectivity index (χ2n) is 11.5. The van der Waals surface area contributed by atoms with Gasteiger partial charge < -0.3 is 14.6 Å². The summed E-state index contributed by atoms with van der Waals surface area (Å²) in [5, 5.41) is 5.18. The molecule has 2 aromatic heterocycles. The average molecular weight is 694 g/mol. The van der Waals surface area contributed by atoms with Gasteiger partial charge in [0.15, 0.2) is 4.80 Å². The standard InChI is InChI=1S/C38H30Cl2N4O3S/c1-22-34(36(45)42-27-11-5-4-6-12-27)35(24-10-9-13-28(18-24)47-3)44-37(46)33(48-38(44)41-22)20-30-23(2)43(32-15-8-7-14-29(30)32)21-25-16-17-26(39)19-31(25)40/h4-20,35H,21H2,1-3H3,(H,42,45)/b33-20-/t35-/m1/s1. The summed E-state index contributed by atoms with van der Waals surface area (Å²) in [6.07, 6.45) is 1.94. The number of hydrogen-bond donors (Lipinski definition) is 1. The highest BCUT2D eigenvalue weighted by molar-refractivity contribution is 7.07. The van der Waals surface area contributed by atoms with Crippen LogP contribution in [0.3, 0.4) is 0 Å². The third-order valence-electron chi connectivity index (χ3n) is 8.61. The van der Waals surface area contributed by atoms with Crippen LogP contribution in [0.25, 0.3) is 17.0 Å². The molecule has 10 heteroatoms. The summed E-state index contributed by atoms with van der Waals surface area (Å²) in [6, 6.07) is 29.6. The van der Waals surface area contributed by atoms with E-state index >= 15 is 0 Å². The van der Waals surface area contributed by atoms with Crippen molar-refractivity contribution in [1.29, 1.82) is 0 Å². The number of rotatable bonds is 7. The first-order valence-electron chi connectivity index (χ1n) is 15.3. The van der Waals surface area contributed by atoms with Crippen LogP contribution < -0.4 is 24.9 Å². The first-order valence-corrected chi connectivity index (χ1v) is 16.9. The lowest BCUT2D eigenvalue weighted by Gasteiger charge is -2.25. The van der Waals surface area contributed by atoms with Crippen molar-refractivity contribution in [2.24, 2.45) is 4.99 Å². The van der Waals surface area contributed by atoms with E-state index < -0.39 is 6.04 Å². The van der Waals surface area contributed by atoms with E-state index in [0.717, 1.165) is 33.3 Å². The van der Waals surface area contributed by atoms with Crippen LogP contribution in [0.2, 0.25) is 10.0 Å². The molecule has 1 atom stereocenters. The van der Waals surface area contributed by atoms with Crippen LogP contribution in [-0.4, -0.2) is 22.2 Å². The van der Waals surface area contributed by atoms with Crippen molar-refractivity contribution in [2.45, 2.75) is 26.4 Å². The molecule has 3 heterocycles. The monoisotopic (exact) mass is 692 g/mol. The van der Waals surface area contributed by atoms with Gasteiger partial charge >= 0.3 is 0 Å². The Balaban J connectivity index is 1.39. The van der Waals surface area contributed by atoms with E-state index in [9.17, 15) is 9.59 Å². The number of methoxy groups -OCH3 is 1. The number of carbonyl (C=O) groups is 1. The molecule has 240 valence electrons. The molecule has 48 heavy (non-hydrogen) atoms. The minimum absolute atomic E-state index is 0.235. The molecule has 0 saturated carbocycles. The van der Waals surface area contributed by atoms with Crippen molar-refractivity contribution in [1.82, 2.24) is 9.13 Å². The number of nitrogens with one attached hydrogen (secondary N) is 1. The number of anilines is 1. The number of aromatic nitrogens is 2. The molecule has 7 rings (SSSR count). The highest BCUT2D eigenvalue weighted by Gasteiger charge is 2.33.